The van der Waals surface area contributed by atoms with Crippen LogP contribution in [0.1, 0.15) is 5.56 Å². The minimum atomic E-state index is -0.0872. The van der Waals surface area contributed by atoms with Crippen LogP contribution in [0.4, 0.5) is 0 Å². The molecule has 1 N–H and O–H groups in total. The number of fused-ring (bicyclic) bond motifs is 1. The van der Waals surface area contributed by atoms with Gasteiger partial charge in [-0.2, -0.15) is 0 Å². The zero-order chi connectivity index (χ0) is 13.2. The number of thiocarbonyl (C=S) groups is 1. The number of benzene rings is 2. The molecule has 0 atom stereocenters. The van der Waals surface area contributed by atoms with Crippen molar-refractivity contribution >= 4 is 45.0 Å². The van der Waals surface area contributed by atoms with Gasteiger partial charge in [0.15, 0.2) is 0 Å². The Labute approximate surface area is 120 Å². The highest BCUT2D eigenvalue weighted by atomic mass is 32.2. The van der Waals surface area contributed by atoms with E-state index in [1.165, 1.54) is 28.1 Å². The average Bonchev–Trinajstić information content (AvgIpc) is 2.74. The zero-order valence-electron chi connectivity index (χ0n) is 10.1. The van der Waals surface area contributed by atoms with Crippen LogP contribution in [0.25, 0.3) is 10.8 Å². The van der Waals surface area contributed by atoms with E-state index in [4.69, 9.17) is 12.2 Å². The topological polar surface area (TPSA) is 29.1 Å². The Morgan fingerprint density at radius 3 is 2.68 bits per heavy atom. The quantitative estimate of drug-likeness (QED) is 0.677. The van der Waals surface area contributed by atoms with Crippen LogP contribution in [0.3, 0.4) is 0 Å². The second-order valence-electron chi connectivity index (χ2n) is 4.30. The molecule has 2 aromatic rings. The van der Waals surface area contributed by atoms with Crippen LogP contribution in [0, 0.1) is 0 Å². The van der Waals surface area contributed by atoms with E-state index in [-0.39, 0.29) is 5.91 Å². The Balaban J connectivity index is 1.84. The third-order valence-corrected chi connectivity index (χ3v) is 4.19. The number of carbonyl (C=O) groups excluding carboxylic acids is 1. The first-order valence-electron chi connectivity index (χ1n) is 5.93. The van der Waals surface area contributed by atoms with Crippen LogP contribution in [0.5, 0.6) is 0 Å². The van der Waals surface area contributed by atoms with E-state index in [2.05, 4.69) is 35.6 Å². The summed E-state index contributed by atoms with van der Waals surface area (Å²) in [5, 5.41) is 5.07. The van der Waals surface area contributed by atoms with Gasteiger partial charge in [0.1, 0.15) is 4.32 Å². The van der Waals surface area contributed by atoms with Crippen LogP contribution < -0.4 is 5.32 Å². The molecule has 1 fully saturated rings. The molecule has 0 aliphatic carbocycles. The van der Waals surface area contributed by atoms with Gasteiger partial charge in [-0.3, -0.25) is 4.79 Å². The van der Waals surface area contributed by atoms with Crippen LogP contribution in [0.15, 0.2) is 53.4 Å². The maximum Gasteiger partial charge on any atom is 0.263 e. The molecule has 19 heavy (non-hydrogen) atoms. The summed E-state index contributed by atoms with van der Waals surface area (Å²) in [6.07, 6.45) is 2.67. The number of rotatable bonds is 2. The van der Waals surface area contributed by atoms with Gasteiger partial charge < -0.3 is 5.32 Å². The number of carbonyl (C=O) groups is 1. The second-order valence-corrected chi connectivity index (χ2v) is 6.02. The van der Waals surface area contributed by atoms with E-state index in [9.17, 15) is 4.79 Å². The first-order valence-corrected chi connectivity index (χ1v) is 7.16. The monoisotopic (exact) mass is 285 g/mol. The summed E-state index contributed by atoms with van der Waals surface area (Å²) >= 11 is 6.29. The van der Waals surface area contributed by atoms with Gasteiger partial charge in [-0.25, -0.2) is 0 Å². The number of nitrogens with one attached hydrogen (secondary N) is 1. The average molecular weight is 285 g/mol. The molecule has 0 unspecified atom stereocenters. The SMILES string of the molecule is O=C1NC(=S)S/C1=C/Cc1ccc2ccccc2c1. The van der Waals surface area contributed by atoms with Gasteiger partial charge in [-0.15, -0.1) is 0 Å². The predicted molar refractivity (Wildman–Crippen MR) is 84.1 cm³/mol. The van der Waals surface area contributed by atoms with Crippen molar-refractivity contribution in [1.82, 2.24) is 5.32 Å². The third-order valence-electron chi connectivity index (χ3n) is 2.98. The van der Waals surface area contributed by atoms with Gasteiger partial charge in [0.25, 0.3) is 5.91 Å². The molecule has 0 saturated carbocycles. The summed E-state index contributed by atoms with van der Waals surface area (Å²) in [5.41, 5.74) is 1.19. The number of amides is 1. The molecule has 3 rings (SSSR count). The normalized spacial score (nSPS) is 17.2. The fourth-order valence-corrected chi connectivity index (χ4v) is 3.05. The molecular formula is C15H11NOS2. The highest BCUT2D eigenvalue weighted by molar-refractivity contribution is 8.26. The number of allylic oxidation sites excluding steroid dienone is 1. The van der Waals surface area contributed by atoms with Gasteiger partial charge in [-0.05, 0) is 22.8 Å². The molecule has 4 heteroatoms. The van der Waals surface area contributed by atoms with Crippen LogP contribution in [-0.4, -0.2) is 10.2 Å². The maximum atomic E-state index is 11.5. The Hall–Kier alpha value is -1.65. The number of hydrogen-bond donors (Lipinski definition) is 1. The van der Waals surface area contributed by atoms with E-state index in [1.54, 1.807) is 0 Å². The maximum absolute atomic E-state index is 11.5. The van der Waals surface area contributed by atoms with Gasteiger partial charge >= 0.3 is 0 Å². The van der Waals surface area contributed by atoms with E-state index < -0.39 is 0 Å². The lowest BCUT2D eigenvalue weighted by Gasteiger charge is -2.01. The van der Waals surface area contributed by atoms with E-state index >= 15 is 0 Å². The van der Waals surface area contributed by atoms with Crippen molar-refractivity contribution < 1.29 is 4.79 Å². The molecule has 0 aromatic heterocycles. The molecule has 1 amide bonds. The first kappa shape index (κ1) is 12.4. The van der Waals surface area contributed by atoms with Crippen molar-refractivity contribution in [3.63, 3.8) is 0 Å². The van der Waals surface area contributed by atoms with Crippen molar-refractivity contribution in [2.24, 2.45) is 0 Å². The zero-order valence-corrected chi connectivity index (χ0v) is 11.7. The van der Waals surface area contributed by atoms with Gasteiger partial charge in [-0.1, -0.05) is 72.5 Å². The molecule has 0 radical (unpaired) electrons. The van der Waals surface area contributed by atoms with E-state index in [0.717, 1.165) is 6.42 Å². The third kappa shape index (κ3) is 2.69. The Morgan fingerprint density at radius 2 is 1.95 bits per heavy atom. The standard InChI is InChI=1S/C15H11NOS2/c17-14-13(19-15(18)16-14)8-6-10-5-7-11-3-1-2-4-12(11)9-10/h1-5,7-9H,6H2,(H,16,17,18)/b13-8+. The largest absolute Gasteiger partial charge is 0.307 e. The molecule has 1 aliphatic rings. The van der Waals surface area contributed by atoms with E-state index in [0.29, 0.717) is 9.23 Å². The van der Waals surface area contributed by atoms with Gasteiger partial charge in [0.2, 0.25) is 0 Å². The van der Waals surface area contributed by atoms with Gasteiger partial charge in [0, 0.05) is 0 Å². The van der Waals surface area contributed by atoms with Crippen molar-refractivity contribution in [2.75, 3.05) is 0 Å². The molecular weight excluding hydrogens is 274 g/mol. The summed E-state index contributed by atoms with van der Waals surface area (Å²) in [7, 11) is 0. The smallest absolute Gasteiger partial charge is 0.263 e. The van der Waals surface area contributed by atoms with Crippen molar-refractivity contribution in [3.05, 3.63) is 59.0 Å². The Morgan fingerprint density at radius 1 is 1.16 bits per heavy atom. The number of hydrogen-bond acceptors (Lipinski definition) is 3. The highest BCUT2D eigenvalue weighted by Gasteiger charge is 2.21. The molecule has 0 spiro atoms. The lowest BCUT2D eigenvalue weighted by Crippen LogP contribution is -2.17. The molecule has 1 saturated heterocycles. The fourth-order valence-electron chi connectivity index (χ4n) is 2.04. The minimum Gasteiger partial charge on any atom is -0.307 e. The second kappa shape index (κ2) is 5.15. The molecule has 94 valence electrons. The predicted octanol–water partition coefficient (Wildman–Crippen LogP) is 3.41. The Kier molecular flexibility index (Phi) is 3.36. The summed E-state index contributed by atoms with van der Waals surface area (Å²) < 4.78 is 0.537. The summed E-state index contributed by atoms with van der Waals surface area (Å²) in [6.45, 7) is 0. The summed E-state index contributed by atoms with van der Waals surface area (Å²) in [5.74, 6) is -0.0872. The van der Waals surface area contributed by atoms with Crippen molar-refractivity contribution in [2.45, 2.75) is 6.42 Å². The van der Waals surface area contributed by atoms with Crippen molar-refractivity contribution in [1.29, 1.82) is 0 Å². The highest BCUT2D eigenvalue weighted by Crippen LogP contribution is 2.24. The molecule has 1 aliphatic heterocycles. The number of thioether (sulfide) groups is 1. The van der Waals surface area contributed by atoms with Crippen molar-refractivity contribution in [3.8, 4) is 0 Å². The summed E-state index contributed by atoms with van der Waals surface area (Å²) in [4.78, 5) is 12.2. The van der Waals surface area contributed by atoms with Gasteiger partial charge in [0.05, 0.1) is 4.91 Å². The Bertz CT molecular complexity index is 706. The molecule has 2 aromatic carbocycles. The molecule has 1 heterocycles. The van der Waals surface area contributed by atoms with E-state index in [1.807, 2.05) is 18.2 Å². The minimum absolute atomic E-state index is 0.0872. The summed E-state index contributed by atoms with van der Waals surface area (Å²) in [6, 6.07) is 14.6. The fraction of sp³-hybridized carbons (Fsp3) is 0.0667. The molecule has 2 nitrogen and oxygen atoms in total. The van der Waals surface area contributed by atoms with Crippen LogP contribution >= 0.6 is 24.0 Å². The lowest BCUT2D eigenvalue weighted by molar-refractivity contribution is -0.115. The molecule has 0 bridgehead atoms. The van der Waals surface area contributed by atoms with Crippen LogP contribution in [-0.2, 0) is 11.2 Å². The first-order chi connectivity index (χ1) is 9.22. The lowest BCUT2D eigenvalue weighted by atomic mass is 10.1. The van der Waals surface area contributed by atoms with Crippen LogP contribution in [0.2, 0.25) is 0 Å².